The number of methoxy groups -OCH3 is 1. The lowest BCUT2D eigenvalue weighted by Gasteiger charge is -2.36. The first-order valence-electron chi connectivity index (χ1n) is 14.6. The minimum absolute atomic E-state index is 0.0193. The van der Waals surface area contributed by atoms with Gasteiger partial charge in [-0.25, -0.2) is 4.79 Å². The largest absolute Gasteiger partial charge is 0.482 e. The van der Waals surface area contributed by atoms with Crippen LogP contribution in [0.25, 0.3) is 0 Å². The van der Waals surface area contributed by atoms with Crippen molar-refractivity contribution in [2.45, 2.75) is 45.1 Å². The molecule has 3 aromatic carbocycles. The summed E-state index contributed by atoms with van der Waals surface area (Å²) in [6, 6.07) is 24.4. The van der Waals surface area contributed by atoms with E-state index in [2.05, 4.69) is 51.8 Å². The highest BCUT2D eigenvalue weighted by atomic mass is 16.6. The summed E-state index contributed by atoms with van der Waals surface area (Å²) in [5.41, 5.74) is 5.99. The first-order valence-corrected chi connectivity index (χ1v) is 14.6. The second kappa shape index (κ2) is 15.7. The van der Waals surface area contributed by atoms with Crippen LogP contribution in [-0.4, -0.2) is 68.6 Å². The van der Waals surface area contributed by atoms with Crippen molar-refractivity contribution < 1.29 is 23.9 Å². The van der Waals surface area contributed by atoms with Gasteiger partial charge in [0.25, 0.3) is 0 Å². The fourth-order valence-electron chi connectivity index (χ4n) is 5.38. The topological polar surface area (TPSA) is 97.0 Å². The van der Waals surface area contributed by atoms with Crippen molar-refractivity contribution in [1.29, 1.82) is 0 Å². The van der Waals surface area contributed by atoms with Gasteiger partial charge in [0.1, 0.15) is 5.75 Å². The third kappa shape index (κ3) is 9.17. The van der Waals surface area contributed by atoms with Gasteiger partial charge in [-0.05, 0) is 65.6 Å². The molecule has 1 unspecified atom stereocenters. The maximum Gasteiger partial charge on any atom is 0.343 e. The number of benzene rings is 3. The Kier molecular flexibility index (Phi) is 11.5. The van der Waals surface area contributed by atoms with Crippen LogP contribution in [0.4, 0.5) is 0 Å². The number of esters is 1. The van der Waals surface area contributed by atoms with E-state index in [9.17, 15) is 14.4 Å². The molecule has 4 rings (SSSR count). The van der Waals surface area contributed by atoms with E-state index < -0.39 is 5.97 Å². The molecule has 1 atom stereocenters. The molecule has 0 bridgehead atoms. The van der Waals surface area contributed by atoms with Gasteiger partial charge in [-0.2, -0.15) is 0 Å². The Morgan fingerprint density at radius 3 is 2.19 bits per heavy atom. The summed E-state index contributed by atoms with van der Waals surface area (Å²) in [7, 11) is 1.33. The van der Waals surface area contributed by atoms with Crippen LogP contribution in [0.2, 0.25) is 0 Å². The highest BCUT2D eigenvalue weighted by molar-refractivity contribution is 5.77. The highest BCUT2D eigenvalue weighted by Gasteiger charge is 2.26. The summed E-state index contributed by atoms with van der Waals surface area (Å²) < 4.78 is 10.1. The molecule has 0 spiro atoms. The molecular weight excluding hydrogens is 530 g/mol. The van der Waals surface area contributed by atoms with Crippen LogP contribution in [0, 0.1) is 0 Å². The van der Waals surface area contributed by atoms with Gasteiger partial charge < -0.3 is 25.0 Å². The Balaban J connectivity index is 1.36. The molecule has 1 heterocycles. The van der Waals surface area contributed by atoms with E-state index in [4.69, 9.17) is 4.74 Å². The Morgan fingerprint density at radius 2 is 1.55 bits per heavy atom. The van der Waals surface area contributed by atoms with Crippen molar-refractivity contribution in [2.24, 2.45) is 0 Å². The number of carbonyl (C=O) groups is 3. The van der Waals surface area contributed by atoms with Crippen LogP contribution >= 0.6 is 0 Å². The molecule has 1 fully saturated rings. The number of nitrogens with one attached hydrogen (secondary N) is 2. The minimum Gasteiger partial charge on any atom is -0.482 e. The van der Waals surface area contributed by atoms with E-state index in [0.717, 1.165) is 37.9 Å². The third-order valence-electron chi connectivity index (χ3n) is 7.64. The van der Waals surface area contributed by atoms with Gasteiger partial charge in [0.2, 0.25) is 11.8 Å². The SMILES string of the molecule is COC(=O)COc1ccc(CC2CNCCN2C(=O)CCc2ccccc2Cc2ccccc2CCNC(C)=O)cc1. The molecule has 0 saturated carbocycles. The van der Waals surface area contributed by atoms with Crippen LogP contribution < -0.4 is 15.4 Å². The lowest BCUT2D eigenvalue weighted by atomic mass is 9.93. The van der Waals surface area contributed by atoms with E-state index in [0.29, 0.717) is 31.7 Å². The summed E-state index contributed by atoms with van der Waals surface area (Å²) in [6.45, 7) is 4.25. The zero-order valence-corrected chi connectivity index (χ0v) is 24.6. The number of hydrogen-bond donors (Lipinski definition) is 2. The van der Waals surface area contributed by atoms with Gasteiger partial charge in [0.05, 0.1) is 7.11 Å². The van der Waals surface area contributed by atoms with Crippen LogP contribution in [0.3, 0.4) is 0 Å². The van der Waals surface area contributed by atoms with Crippen molar-refractivity contribution in [3.05, 3.63) is 101 Å². The molecule has 3 aromatic rings. The Labute approximate surface area is 248 Å². The molecule has 1 aliphatic rings. The van der Waals surface area contributed by atoms with Crippen molar-refractivity contribution in [3.8, 4) is 5.75 Å². The number of piperazine rings is 1. The van der Waals surface area contributed by atoms with Crippen molar-refractivity contribution in [3.63, 3.8) is 0 Å². The molecule has 2 amide bonds. The number of carbonyl (C=O) groups excluding carboxylic acids is 3. The highest BCUT2D eigenvalue weighted by Crippen LogP contribution is 2.21. The van der Waals surface area contributed by atoms with Crippen LogP contribution in [-0.2, 0) is 44.8 Å². The molecule has 1 saturated heterocycles. The second-order valence-electron chi connectivity index (χ2n) is 10.6. The molecule has 0 radical (unpaired) electrons. The number of hydrogen-bond acceptors (Lipinski definition) is 6. The van der Waals surface area contributed by atoms with Crippen LogP contribution in [0.15, 0.2) is 72.8 Å². The molecular formula is C34H41N3O5. The average molecular weight is 572 g/mol. The quantitative estimate of drug-likeness (QED) is 0.305. The van der Waals surface area contributed by atoms with Crippen molar-refractivity contribution in [1.82, 2.24) is 15.5 Å². The summed E-state index contributed by atoms with van der Waals surface area (Å²) in [5, 5.41) is 6.32. The Bertz CT molecular complexity index is 1340. The predicted octanol–water partition coefficient (Wildman–Crippen LogP) is 3.48. The van der Waals surface area contributed by atoms with E-state index >= 15 is 0 Å². The van der Waals surface area contributed by atoms with Crippen LogP contribution in [0.5, 0.6) is 5.75 Å². The van der Waals surface area contributed by atoms with Crippen molar-refractivity contribution >= 4 is 17.8 Å². The summed E-state index contributed by atoms with van der Waals surface area (Å²) in [5.74, 6) is 0.333. The van der Waals surface area contributed by atoms with E-state index in [1.54, 1.807) is 0 Å². The Morgan fingerprint density at radius 1 is 0.905 bits per heavy atom. The smallest absolute Gasteiger partial charge is 0.343 e. The predicted molar refractivity (Wildman–Crippen MR) is 162 cm³/mol. The third-order valence-corrected chi connectivity index (χ3v) is 7.64. The van der Waals surface area contributed by atoms with Gasteiger partial charge in [-0.1, -0.05) is 60.7 Å². The zero-order chi connectivity index (χ0) is 29.7. The standard InChI is InChI=1S/C34H41N3O5/c1-25(38)36-18-17-28-8-4-6-10-30(28)22-29-9-5-3-7-27(29)13-16-33(39)37-20-19-35-23-31(37)21-26-11-14-32(15-12-26)42-24-34(40)41-2/h3-12,14-15,31,35H,13,16-24H2,1-2H3,(H,36,38). The van der Waals surface area contributed by atoms with Crippen molar-refractivity contribution in [2.75, 3.05) is 39.9 Å². The Hall–Kier alpha value is -4.17. The molecule has 42 heavy (non-hydrogen) atoms. The summed E-state index contributed by atoms with van der Waals surface area (Å²) >= 11 is 0. The molecule has 222 valence electrons. The van der Waals surface area contributed by atoms with E-state index in [1.807, 2.05) is 41.3 Å². The molecule has 1 aliphatic heterocycles. The van der Waals surface area contributed by atoms with E-state index in [1.165, 1.54) is 36.3 Å². The lowest BCUT2D eigenvalue weighted by Crippen LogP contribution is -2.54. The van der Waals surface area contributed by atoms with Gasteiger partial charge >= 0.3 is 5.97 Å². The summed E-state index contributed by atoms with van der Waals surface area (Å²) in [6.07, 6.45) is 3.45. The van der Waals surface area contributed by atoms with Gasteiger partial charge in [0, 0.05) is 45.6 Å². The molecule has 0 aromatic heterocycles. The monoisotopic (exact) mass is 571 g/mol. The lowest BCUT2D eigenvalue weighted by molar-refractivity contribution is -0.143. The van der Waals surface area contributed by atoms with E-state index in [-0.39, 0.29) is 24.5 Å². The van der Waals surface area contributed by atoms with Gasteiger partial charge in [0.15, 0.2) is 6.61 Å². The summed E-state index contributed by atoms with van der Waals surface area (Å²) in [4.78, 5) is 38.2. The fraction of sp³-hybridized carbons (Fsp3) is 0.382. The minimum atomic E-state index is -0.423. The van der Waals surface area contributed by atoms with Gasteiger partial charge in [-0.3, -0.25) is 9.59 Å². The molecule has 0 aliphatic carbocycles. The number of amides is 2. The number of aryl methyl sites for hydroxylation is 1. The zero-order valence-electron chi connectivity index (χ0n) is 24.6. The maximum absolute atomic E-state index is 13.5. The number of nitrogens with zero attached hydrogens (tertiary/aromatic N) is 1. The second-order valence-corrected chi connectivity index (χ2v) is 10.6. The first-order chi connectivity index (χ1) is 20.4. The normalized spacial score (nSPS) is 14.7. The molecule has 8 heteroatoms. The number of ether oxygens (including phenoxy) is 2. The maximum atomic E-state index is 13.5. The fourth-order valence-corrected chi connectivity index (χ4v) is 5.38. The number of rotatable bonds is 13. The van der Waals surface area contributed by atoms with Gasteiger partial charge in [-0.15, -0.1) is 0 Å². The molecule has 2 N–H and O–H groups in total. The van der Waals surface area contributed by atoms with Crippen LogP contribution in [0.1, 0.15) is 41.2 Å². The average Bonchev–Trinajstić information content (AvgIpc) is 3.01. The first kappa shape index (κ1) is 30.8. The molecule has 8 nitrogen and oxygen atoms in total.